The number of primary amides is 1. The summed E-state index contributed by atoms with van der Waals surface area (Å²) in [5.41, 5.74) is 11.2. The van der Waals surface area contributed by atoms with Crippen molar-refractivity contribution in [3.05, 3.63) is 24.3 Å². The van der Waals surface area contributed by atoms with Crippen LogP contribution in [0.4, 0.5) is 5.69 Å². The first-order valence-electron chi connectivity index (χ1n) is 6.52. The van der Waals surface area contributed by atoms with E-state index in [1.807, 2.05) is 6.92 Å². The molecule has 1 aromatic carbocycles. The fourth-order valence-corrected chi connectivity index (χ4v) is 1.51. The maximum absolute atomic E-state index is 11.7. The average Bonchev–Trinajstić information content (AvgIpc) is 2.44. The predicted octanol–water partition coefficient (Wildman–Crippen LogP) is 0.864. The summed E-state index contributed by atoms with van der Waals surface area (Å²) < 4.78 is 5.12. The summed E-state index contributed by atoms with van der Waals surface area (Å²) in [7, 11) is 0. The molecule has 0 aliphatic rings. The number of nitrogens with two attached hydrogens (primary N) is 2. The molecule has 6 heteroatoms. The minimum atomic E-state index is -0.531. The number of rotatable bonds is 8. The monoisotopic (exact) mass is 279 g/mol. The Labute approximate surface area is 118 Å². The van der Waals surface area contributed by atoms with Crippen LogP contribution in [0.15, 0.2) is 24.3 Å². The Morgan fingerprint density at radius 2 is 1.95 bits per heavy atom. The zero-order valence-corrected chi connectivity index (χ0v) is 11.6. The molecular formula is C14H21N3O3. The summed E-state index contributed by atoms with van der Waals surface area (Å²) in [5.74, 6) is 0.288. The Bertz CT molecular complexity index is 445. The molecule has 0 fully saturated rings. The molecule has 0 radical (unpaired) electrons. The Balaban J connectivity index is 2.40. The summed E-state index contributed by atoms with van der Waals surface area (Å²) >= 11 is 0. The first-order chi connectivity index (χ1) is 9.51. The van der Waals surface area contributed by atoms with Gasteiger partial charge in [0.2, 0.25) is 5.91 Å². The third-order valence-corrected chi connectivity index (χ3v) is 2.79. The van der Waals surface area contributed by atoms with Gasteiger partial charge in [0.15, 0.2) is 6.61 Å². The quantitative estimate of drug-likeness (QED) is 0.656. The molecule has 0 bridgehead atoms. The fraction of sp³-hybridized carbons (Fsp3) is 0.429. The number of carbonyl (C=O) groups is 2. The van der Waals surface area contributed by atoms with Crippen LogP contribution in [0.25, 0.3) is 0 Å². The summed E-state index contributed by atoms with van der Waals surface area (Å²) in [4.78, 5) is 22.3. The van der Waals surface area contributed by atoms with Gasteiger partial charge in [-0.15, -0.1) is 0 Å². The highest BCUT2D eigenvalue weighted by Gasteiger charge is 2.06. The molecule has 6 nitrogen and oxygen atoms in total. The second-order valence-corrected chi connectivity index (χ2v) is 4.71. The van der Waals surface area contributed by atoms with Crippen molar-refractivity contribution < 1.29 is 14.3 Å². The van der Waals surface area contributed by atoms with E-state index in [9.17, 15) is 9.59 Å². The van der Waals surface area contributed by atoms with Gasteiger partial charge in [-0.1, -0.05) is 6.92 Å². The van der Waals surface area contributed by atoms with Gasteiger partial charge in [-0.25, -0.2) is 0 Å². The van der Waals surface area contributed by atoms with Crippen molar-refractivity contribution in [1.82, 2.24) is 0 Å². The van der Waals surface area contributed by atoms with Crippen LogP contribution in [-0.4, -0.2) is 25.0 Å². The second-order valence-electron chi connectivity index (χ2n) is 4.71. The summed E-state index contributed by atoms with van der Waals surface area (Å²) in [6.07, 6.45) is 1.21. The summed E-state index contributed by atoms with van der Waals surface area (Å²) in [5, 5.41) is 2.79. The zero-order valence-electron chi connectivity index (χ0n) is 11.6. The molecule has 0 aromatic heterocycles. The lowest BCUT2D eigenvalue weighted by molar-refractivity contribution is -0.120. The highest BCUT2D eigenvalue weighted by Crippen LogP contribution is 2.16. The number of carbonyl (C=O) groups excluding carboxylic acids is 2. The van der Waals surface area contributed by atoms with Crippen LogP contribution in [0.2, 0.25) is 0 Å². The predicted molar refractivity (Wildman–Crippen MR) is 77.2 cm³/mol. The topological polar surface area (TPSA) is 107 Å². The van der Waals surface area contributed by atoms with Crippen LogP contribution < -0.4 is 21.5 Å². The van der Waals surface area contributed by atoms with Crippen LogP contribution in [0.3, 0.4) is 0 Å². The minimum absolute atomic E-state index is 0.0453. The molecule has 2 amide bonds. The van der Waals surface area contributed by atoms with Crippen molar-refractivity contribution in [3.8, 4) is 5.75 Å². The van der Waals surface area contributed by atoms with Gasteiger partial charge in [-0.3, -0.25) is 9.59 Å². The standard InChI is InChI=1S/C14H21N3O3/c1-10(8-15)2-7-14(19)17-11-3-5-12(6-4-11)20-9-13(16)18/h3-6,10H,2,7-9,15H2,1H3,(H2,16,18)(H,17,19). The highest BCUT2D eigenvalue weighted by molar-refractivity contribution is 5.90. The van der Waals surface area contributed by atoms with Gasteiger partial charge in [0.1, 0.15) is 5.75 Å². The van der Waals surface area contributed by atoms with E-state index in [-0.39, 0.29) is 12.5 Å². The third kappa shape index (κ3) is 6.19. The van der Waals surface area contributed by atoms with Crippen molar-refractivity contribution >= 4 is 17.5 Å². The smallest absolute Gasteiger partial charge is 0.255 e. The van der Waals surface area contributed by atoms with Crippen LogP contribution in [0, 0.1) is 5.92 Å². The number of nitrogens with one attached hydrogen (secondary N) is 1. The molecular weight excluding hydrogens is 258 g/mol. The van der Waals surface area contributed by atoms with Gasteiger partial charge in [0.25, 0.3) is 5.91 Å². The molecule has 5 N–H and O–H groups in total. The maximum Gasteiger partial charge on any atom is 0.255 e. The number of benzene rings is 1. The van der Waals surface area contributed by atoms with Gasteiger partial charge in [-0.2, -0.15) is 0 Å². The van der Waals surface area contributed by atoms with E-state index < -0.39 is 5.91 Å². The van der Waals surface area contributed by atoms with Crippen LogP contribution in [0.5, 0.6) is 5.75 Å². The van der Waals surface area contributed by atoms with E-state index in [1.54, 1.807) is 24.3 Å². The normalized spacial score (nSPS) is 11.7. The van der Waals surface area contributed by atoms with Gasteiger partial charge in [0, 0.05) is 12.1 Å². The Kier molecular flexibility index (Phi) is 6.52. The van der Waals surface area contributed by atoms with Gasteiger partial charge >= 0.3 is 0 Å². The van der Waals surface area contributed by atoms with Gasteiger partial charge in [-0.05, 0) is 43.1 Å². The fourth-order valence-electron chi connectivity index (χ4n) is 1.51. The zero-order chi connectivity index (χ0) is 15.0. The molecule has 0 saturated carbocycles. The van der Waals surface area contributed by atoms with E-state index in [4.69, 9.17) is 16.2 Å². The average molecular weight is 279 g/mol. The third-order valence-electron chi connectivity index (χ3n) is 2.79. The van der Waals surface area contributed by atoms with Gasteiger partial charge in [0.05, 0.1) is 0 Å². The highest BCUT2D eigenvalue weighted by atomic mass is 16.5. The Morgan fingerprint density at radius 3 is 2.50 bits per heavy atom. The first kappa shape index (κ1) is 16.0. The Hall–Kier alpha value is -2.08. The van der Waals surface area contributed by atoms with E-state index in [0.717, 1.165) is 6.42 Å². The lowest BCUT2D eigenvalue weighted by Gasteiger charge is -2.09. The van der Waals surface area contributed by atoms with Crippen LogP contribution in [-0.2, 0) is 9.59 Å². The number of ether oxygens (including phenoxy) is 1. The summed E-state index contributed by atoms with van der Waals surface area (Å²) in [6.45, 7) is 2.43. The number of hydrogen-bond donors (Lipinski definition) is 3. The van der Waals surface area contributed by atoms with Gasteiger partial charge < -0.3 is 21.5 Å². The van der Waals surface area contributed by atoms with Crippen molar-refractivity contribution in [2.24, 2.45) is 17.4 Å². The lowest BCUT2D eigenvalue weighted by atomic mass is 10.1. The molecule has 0 heterocycles. The van der Waals surface area contributed by atoms with Crippen molar-refractivity contribution in [1.29, 1.82) is 0 Å². The molecule has 0 aliphatic heterocycles. The molecule has 0 spiro atoms. The number of amides is 2. The van der Waals surface area contributed by atoms with E-state index in [2.05, 4.69) is 5.32 Å². The molecule has 1 atom stereocenters. The second kappa shape index (κ2) is 8.16. The van der Waals surface area contributed by atoms with Crippen molar-refractivity contribution in [3.63, 3.8) is 0 Å². The maximum atomic E-state index is 11.7. The first-order valence-corrected chi connectivity index (χ1v) is 6.52. The largest absolute Gasteiger partial charge is 0.484 e. The Morgan fingerprint density at radius 1 is 1.30 bits per heavy atom. The van der Waals surface area contributed by atoms with Crippen molar-refractivity contribution in [2.45, 2.75) is 19.8 Å². The van der Waals surface area contributed by atoms with E-state index in [0.29, 0.717) is 30.3 Å². The minimum Gasteiger partial charge on any atom is -0.484 e. The SMILES string of the molecule is CC(CN)CCC(=O)Nc1ccc(OCC(N)=O)cc1. The van der Waals surface area contributed by atoms with E-state index in [1.165, 1.54) is 0 Å². The molecule has 1 rings (SSSR count). The molecule has 1 aromatic rings. The molecule has 1 unspecified atom stereocenters. The van der Waals surface area contributed by atoms with E-state index >= 15 is 0 Å². The van der Waals surface area contributed by atoms with Crippen LogP contribution in [0.1, 0.15) is 19.8 Å². The molecule has 110 valence electrons. The van der Waals surface area contributed by atoms with Crippen molar-refractivity contribution in [2.75, 3.05) is 18.5 Å². The molecule has 0 aliphatic carbocycles. The number of anilines is 1. The summed E-state index contributed by atoms with van der Waals surface area (Å²) in [6, 6.07) is 6.75. The molecule has 20 heavy (non-hydrogen) atoms. The number of hydrogen-bond acceptors (Lipinski definition) is 4. The van der Waals surface area contributed by atoms with Crippen LogP contribution >= 0.6 is 0 Å². The lowest BCUT2D eigenvalue weighted by Crippen LogP contribution is -2.20. The molecule has 0 saturated heterocycles.